The number of rotatable bonds is 3. The topological polar surface area (TPSA) is 64.5 Å². The summed E-state index contributed by atoms with van der Waals surface area (Å²) in [6, 6.07) is 1.76. The van der Waals surface area contributed by atoms with Gasteiger partial charge in [-0.25, -0.2) is 4.98 Å². The van der Waals surface area contributed by atoms with Crippen LogP contribution in [0.25, 0.3) is 0 Å². The highest BCUT2D eigenvalue weighted by molar-refractivity contribution is 5.79. The lowest BCUT2D eigenvalue weighted by molar-refractivity contribution is -0.137. The van der Waals surface area contributed by atoms with Crippen LogP contribution in [0, 0.1) is 12.8 Å². The first-order valence-corrected chi connectivity index (χ1v) is 7.55. The minimum absolute atomic E-state index is 0.0306. The normalized spacial score (nSPS) is 23.3. The third-order valence-corrected chi connectivity index (χ3v) is 4.07. The van der Waals surface area contributed by atoms with E-state index in [0.29, 0.717) is 31.5 Å². The smallest absolute Gasteiger partial charge is 0.225 e. The molecule has 114 valence electrons. The molecule has 0 N–H and O–H groups in total. The van der Waals surface area contributed by atoms with Crippen LogP contribution in [0.4, 0.5) is 0 Å². The number of hydrogen-bond donors (Lipinski definition) is 0. The molecule has 0 bridgehead atoms. The summed E-state index contributed by atoms with van der Waals surface area (Å²) < 4.78 is 11.2. The van der Waals surface area contributed by atoms with Crippen molar-refractivity contribution in [2.45, 2.75) is 32.3 Å². The highest BCUT2D eigenvalue weighted by atomic mass is 16.5. The molecule has 0 saturated carbocycles. The molecule has 0 radical (unpaired) electrons. The van der Waals surface area contributed by atoms with Crippen molar-refractivity contribution in [1.29, 1.82) is 0 Å². The molecule has 0 spiro atoms. The van der Waals surface area contributed by atoms with Crippen LogP contribution in [-0.2, 0) is 9.53 Å². The van der Waals surface area contributed by atoms with Crippen molar-refractivity contribution in [2.24, 2.45) is 5.92 Å². The number of likely N-dealkylation sites (tertiary alicyclic amines) is 1. The number of carbonyl (C=O) groups is 1. The zero-order chi connectivity index (χ0) is 14.7. The predicted octanol–water partition coefficient (Wildman–Crippen LogP) is 1.19. The molecule has 1 aromatic rings. The van der Waals surface area contributed by atoms with E-state index in [1.165, 1.54) is 0 Å². The molecule has 21 heavy (non-hydrogen) atoms. The quantitative estimate of drug-likeness (QED) is 0.837. The van der Waals surface area contributed by atoms with Crippen molar-refractivity contribution in [3.8, 4) is 5.88 Å². The van der Waals surface area contributed by atoms with Crippen molar-refractivity contribution < 1.29 is 14.3 Å². The Morgan fingerprint density at radius 1 is 1.38 bits per heavy atom. The third-order valence-electron chi connectivity index (χ3n) is 4.07. The molecule has 2 fully saturated rings. The fourth-order valence-corrected chi connectivity index (χ4v) is 2.90. The van der Waals surface area contributed by atoms with Gasteiger partial charge >= 0.3 is 0 Å². The standard InChI is InChI=1S/C15H21N3O3/c1-11-16-6-2-14(17-11)21-13-3-7-18(10-13)15(19)12-4-8-20-9-5-12/h2,6,12-13H,3-5,7-10H2,1H3/t13-/m0/s1. The fraction of sp³-hybridized carbons (Fsp3) is 0.667. The van der Waals surface area contributed by atoms with E-state index in [2.05, 4.69) is 9.97 Å². The molecule has 0 aliphatic carbocycles. The zero-order valence-electron chi connectivity index (χ0n) is 12.3. The zero-order valence-corrected chi connectivity index (χ0v) is 12.3. The lowest BCUT2D eigenvalue weighted by Gasteiger charge is -2.26. The predicted molar refractivity (Wildman–Crippen MR) is 75.9 cm³/mol. The van der Waals surface area contributed by atoms with Crippen molar-refractivity contribution >= 4 is 5.91 Å². The van der Waals surface area contributed by atoms with E-state index < -0.39 is 0 Å². The average Bonchev–Trinajstić information content (AvgIpc) is 2.96. The highest BCUT2D eigenvalue weighted by Crippen LogP contribution is 2.22. The first-order valence-electron chi connectivity index (χ1n) is 7.55. The molecular formula is C15H21N3O3. The lowest BCUT2D eigenvalue weighted by Crippen LogP contribution is -2.38. The third kappa shape index (κ3) is 3.50. The van der Waals surface area contributed by atoms with Crippen molar-refractivity contribution in [2.75, 3.05) is 26.3 Å². The van der Waals surface area contributed by atoms with Gasteiger partial charge in [0.05, 0.1) is 6.54 Å². The average molecular weight is 291 g/mol. The molecule has 1 aromatic heterocycles. The van der Waals surface area contributed by atoms with Gasteiger partial charge in [0.15, 0.2) is 0 Å². The molecule has 2 saturated heterocycles. The summed E-state index contributed by atoms with van der Waals surface area (Å²) in [5.41, 5.74) is 0. The van der Waals surface area contributed by atoms with Crippen LogP contribution in [0.2, 0.25) is 0 Å². The molecule has 2 aliphatic rings. The van der Waals surface area contributed by atoms with Crippen molar-refractivity contribution in [3.63, 3.8) is 0 Å². The second-order valence-corrected chi connectivity index (χ2v) is 5.64. The molecule has 2 aliphatic heterocycles. The Kier molecular flexibility index (Phi) is 4.34. The van der Waals surface area contributed by atoms with Crippen LogP contribution < -0.4 is 4.74 Å². The Morgan fingerprint density at radius 3 is 2.95 bits per heavy atom. The number of nitrogens with zero attached hydrogens (tertiary/aromatic N) is 3. The van der Waals surface area contributed by atoms with Gasteiger partial charge in [0, 0.05) is 44.4 Å². The Balaban J connectivity index is 1.54. The summed E-state index contributed by atoms with van der Waals surface area (Å²) in [6.07, 6.45) is 4.26. The van der Waals surface area contributed by atoms with Gasteiger partial charge in [0.2, 0.25) is 11.8 Å². The summed E-state index contributed by atoms with van der Waals surface area (Å²) in [5.74, 6) is 1.66. The number of aryl methyl sites for hydroxylation is 1. The van der Waals surface area contributed by atoms with E-state index in [1.54, 1.807) is 12.3 Å². The summed E-state index contributed by atoms with van der Waals surface area (Å²) in [6.45, 7) is 4.65. The van der Waals surface area contributed by atoms with Crippen molar-refractivity contribution in [3.05, 3.63) is 18.1 Å². The maximum Gasteiger partial charge on any atom is 0.225 e. The van der Waals surface area contributed by atoms with Gasteiger partial charge in [0.25, 0.3) is 0 Å². The molecule has 6 heteroatoms. The van der Waals surface area contributed by atoms with Gasteiger partial charge in [-0.15, -0.1) is 0 Å². The van der Waals surface area contributed by atoms with Gasteiger partial charge in [-0.05, 0) is 19.8 Å². The number of amides is 1. The minimum atomic E-state index is 0.0306. The molecule has 3 rings (SSSR count). The fourth-order valence-electron chi connectivity index (χ4n) is 2.90. The van der Waals surface area contributed by atoms with E-state index in [4.69, 9.17) is 9.47 Å². The van der Waals surface area contributed by atoms with Gasteiger partial charge in [-0.1, -0.05) is 0 Å². The Labute approximate surface area is 124 Å². The Bertz CT molecular complexity index is 503. The van der Waals surface area contributed by atoms with E-state index >= 15 is 0 Å². The first-order chi connectivity index (χ1) is 10.2. The summed E-state index contributed by atoms with van der Waals surface area (Å²) >= 11 is 0. The summed E-state index contributed by atoms with van der Waals surface area (Å²) in [4.78, 5) is 22.7. The largest absolute Gasteiger partial charge is 0.472 e. The first kappa shape index (κ1) is 14.3. The van der Waals surface area contributed by atoms with Gasteiger partial charge in [-0.3, -0.25) is 4.79 Å². The molecule has 3 heterocycles. The molecule has 0 unspecified atom stereocenters. The Morgan fingerprint density at radius 2 is 2.19 bits per heavy atom. The van der Waals surface area contributed by atoms with E-state index in [0.717, 1.165) is 25.8 Å². The summed E-state index contributed by atoms with van der Waals surface area (Å²) in [5, 5.41) is 0. The maximum atomic E-state index is 12.4. The maximum absolute atomic E-state index is 12.4. The number of ether oxygens (including phenoxy) is 2. The second kappa shape index (κ2) is 6.39. The van der Waals surface area contributed by atoms with Crippen LogP contribution in [0.3, 0.4) is 0 Å². The summed E-state index contributed by atoms with van der Waals surface area (Å²) in [7, 11) is 0. The Hall–Kier alpha value is -1.69. The SMILES string of the molecule is Cc1nccc(O[C@H]2CCN(C(=O)C3CCOCC3)C2)n1. The number of carbonyl (C=O) groups excluding carboxylic acids is 1. The highest BCUT2D eigenvalue weighted by Gasteiger charge is 2.32. The molecule has 6 nitrogen and oxygen atoms in total. The van der Waals surface area contributed by atoms with Gasteiger partial charge < -0.3 is 14.4 Å². The number of aromatic nitrogens is 2. The van der Waals surface area contributed by atoms with E-state index in [-0.39, 0.29) is 17.9 Å². The second-order valence-electron chi connectivity index (χ2n) is 5.64. The molecule has 0 aromatic carbocycles. The van der Waals surface area contributed by atoms with Crippen LogP contribution >= 0.6 is 0 Å². The van der Waals surface area contributed by atoms with Crippen molar-refractivity contribution in [1.82, 2.24) is 14.9 Å². The number of hydrogen-bond acceptors (Lipinski definition) is 5. The molecule has 1 amide bonds. The molecular weight excluding hydrogens is 270 g/mol. The van der Waals surface area contributed by atoms with Gasteiger partial charge in [-0.2, -0.15) is 4.98 Å². The van der Waals surface area contributed by atoms with Crippen LogP contribution in [0.15, 0.2) is 12.3 Å². The minimum Gasteiger partial charge on any atom is -0.472 e. The van der Waals surface area contributed by atoms with Crippen LogP contribution in [-0.4, -0.2) is 53.2 Å². The van der Waals surface area contributed by atoms with E-state index in [9.17, 15) is 4.79 Å². The molecule has 1 atom stereocenters. The van der Waals surface area contributed by atoms with E-state index in [1.807, 2.05) is 11.8 Å². The lowest BCUT2D eigenvalue weighted by atomic mass is 9.99. The van der Waals surface area contributed by atoms with Crippen LogP contribution in [0.5, 0.6) is 5.88 Å². The van der Waals surface area contributed by atoms with Gasteiger partial charge in [0.1, 0.15) is 11.9 Å². The van der Waals surface area contributed by atoms with Crippen LogP contribution in [0.1, 0.15) is 25.1 Å². The monoisotopic (exact) mass is 291 g/mol.